The van der Waals surface area contributed by atoms with Gasteiger partial charge in [-0.25, -0.2) is 0 Å². The Labute approximate surface area is 156 Å². The van der Waals surface area contributed by atoms with E-state index < -0.39 is 0 Å². The molecular weight excluding hydrogens is 403 g/mol. The van der Waals surface area contributed by atoms with E-state index in [1.807, 2.05) is 37.4 Å². The summed E-state index contributed by atoms with van der Waals surface area (Å²) in [6.07, 6.45) is 3.98. The van der Waals surface area contributed by atoms with Gasteiger partial charge in [0.1, 0.15) is 0 Å². The minimum atomic E-state index is -0.0668. The average Bonchev–Trinajstić information content (AvgIpc) is 2.48. The summed E-state index contributed by atoms with van der Waals surface area (Å²) in [5.41, 5.74) is 1.90. The van der Waals surface area contributed by atoms with Crippen LogP contribution in [0.25, 0.3) is 0 Å². The molecule has 2 N–H and O–H groups in total. The van der Waals surface area contributed by atoms with Gasteiger partial charge in [-0.2, -0.15) is 0 Å². The monoisotopic (exact) mass is 430 g/mol. The van der Waals surface area contributed by atoms with Crippen LogP contribution >= 0.6 is 24.0 Å². The topological polar surface area (TPSA) is 56.7 Å². The average molecular weight is 430 g/mol. The zero-order valence-electron chi connectivity index (χ0n) is 14.1. The molecule has 0 unspecified atom stereocenters. The fourth-order valence-corrected chi connectivity index (χ4v) is 2.11. The van der Waals surface area contributed by atoms with Crippen molar-refractivity contribution in [1.82, 2.24) is 10.2 Å². The fraction of sp³-hybridized carbons (Fsp3) is 0.412. The lowest BCUT2D eigenvalue weighted by Gasteiger charge is -2.22. The Balaban J connectivity index is 0.00000484. The van der Waals surface area contributed by atoms with Crippen LogP contribution in [0.5, 0.6) is 0 Å². The third-order valence-corrected chi connectivity index (χ3v) is 3.17. The third-order valence-electron chi connectivity index (χ3n) is 3.17. The molecule has 128 valence electrons. The van der Waals surface area contributed by atoms with E-state index >= 15 is 0 Å². The second-order valence-corrected chi connectivity index (χ2v) is 5.13. The highest BCUT2D eigenvalue weighted by Gasteiger charge is 2.05. The number of carbonyl (C=O) groups is 1. The van der Waals surface area contributed by atoms with Crippen LogP contribution in [0, 0.1) is 0 Å². The van der Waals surface area contributed by atoms with Gasteiger partial charge in [0, 0.05) is 39.8 Å². The number of allylic oxidation sites excluding steroid dienone is 1. The van der Waals surface area contributed by atoms with Gasteiger partial charge in [-0.3, -0.25) is 9.79 Å². The summed E-state index contributed by atoms with van der Waals surface area (Å²) >= 11 is 0. The van der Waals surface area contributed by atoms with Crippen LogP contribution in [0.1, 0.15) is 25.3 Å². The zero-order valence-corrected chi connectivity index (χ0v) is 16.5. The molecule has 0 radical (unpaired) electrons. The molecule has 0 atom stereocenters. The number of hydrogen-bond acceptors (Lipinski definition) is 2. The summed E-state index contributed by atoms with van der Waals surface area (Å²) < 4.78 is 0. The summed E-state index contributed by atoms with van der Waals surface area (Å²) in [6.45, 7) is 6.82. The Morgan fingerprint density at radius 3 is 2.78 bits per heavy atom. The van der Waals surface area contributed by atoms with Gasteiger partial charge < -0.3 is 15.5 Å². The molecule has 0 bridgehead atoms. The van der Waals surface area contributed by atoms with Crippen LogP contribution in [0.15, 0.2) is 41.9 Å². The molecule has 5 nitrogen and oxygen atoms in total. The van der Waals surface area contributed by atoms with Gasteiger partial charge in [-0.1, -0.05) is 18.2 Å². The molecular formula is C17H27IN4O. The highest BCUT2D eigenvalue weighted by molar-refractivity contribution is 14.0. The Hall–Kier alpha value is -1.57. The first-order valence-electron chi connectivity index (χ1n) is 7.46. The van der Waals surface area contributed by atoms with Gasteiger partial charge in [0.2, 0.25) is 5.91 Å². The van der Waals surface area contributed by atoms with Crippen LogP contribution in [0.4, 0.5) is 5.69 Å². The minimum absolute atomic E-state index is 0. The molecule has 0 aliphatic heterocycles. The number of carbonyl (C=O) groups excluding carboxylic acids is 1. The molecule has 0 aliphatic rings. The second-order valence-electron chi connectivity index (χ2n) is 5.13. The molecule has 0 heterocycles. The number of unbranched alkanes of at least 4 members (excludes halogenated alkanes) is 1. The Kier molecular flexibility index (Phi) is 11.1. The summed E-state index contributed by atoms with van der Waals surface area (Å²) in [5, 5.41) is 6.12. The fourth-order valence-electron chi connectivity index (χ4n) is 2.11. The maximum atomic E-state index is 11.1. The van der Waals surface area contributed by atoms with Crippen molar-refractivity contribution in [3.8, 4) is 0 Å². The van der Waals surface area contributed by atoms with E-state index in [1.165, 1.54) is 6.92 Å². The maximum absolute atomic E-state index is 11.1. The van der Waals surface area contributed by atoms with E-state index in [0.717, 1.165) is 36.6 Å². The van der Waals surface area contributed by atoms with Crippen molar-refractivity contribution in [2.45, 2.75) is 26.3 Å². The normalized spacial score (nSPS) is 10.5. The van der Waals surface area contributed by atoms with Crippen LogP contribution in [0.2, 0.25) is 0 Å². The molecule has 6 heteroatoms. The smallest absolute Gasteiger partial charge is 0.221 e. The van der Waals surface area contributed by atoms with Crippen molar-refractivity contribution in [3.63, 3.8) is 0 Å². The van der Waals surface area contributed by atoms with Gasteiger partial charge in [-0.05, 0) is 30.5 Å². The molecule has 0 aromatic heterocycles. The lowest BCUT2D eigenvalue weighted by molar-refractivity contribution is -0.114. The molecule has 1 amide bonds. The van der Waals surface area contributed by atoms with Crippen LogP contribution in [-0.2, 0) is 11.3 Å². The van der Waals surface area contributed by atoms with Crippen molar-refractivity contribution >= 4 is 41.5 Å². The molecule has 0 fully saturated rings. The number of amides is 1. The Bertz CT molecular complexity index is 531. The maximum Gasteiger partial charge on any atom is 0.221 e. The predicted octanol–water partition coefficient (Wildman–Crippen LogP) is 3.24. The van der Waals surface area contributed by atoms with Gasteiger partial charge >= 0.3 is 0 Å². The lowest BCUT2D eigenvalue weighted by Crippen LogP contribution is -2.38. The van der Waals surface area contributed by atoms with Gasteiger partial charge in [0.05, 0.1) is 0 Å². The Morgan fingerprint density at radius 2 is 2.17 bits per heavy atom. The highest BCUT2D eigenvalue weighted by atomic mass is 127. The van der Waals surface area contributed by atoms with Gasteiger partial charge in [0.25, 0.3) is 0 Å². The highest BCUT2D eigenvalue weighted by Crippen LogP contribution is 2.10. The third kappa shape index (κ3) is 8.59. The molecule has 0 saturated heterocycles. The SMILES string of the molecule is C=CCCCN(C)C(=NC)NCc1cccc(NC(C)=O)c1.I. The van der Waals surface area contributed by atoms with Crippen molar-refractivity contribution in [2.24, 2.45) is 4.99 Å². The number of rotatable bonds is 7. The molecule has 0 saturated carbocycles. The van der Waals surface area contributed by atoms with E-state index in [2.05, 4.69) is 27.1 Å². The van der Waals surface area contributed by atoms with Crippen molar-refractivity contribution < 1.29 is 4.79 Å². The summed E-state index contributed by atoms with van der Waals surface area (Å²) in [7, 11) is 3.80. The first kappa shape index (κ1) is 21.4. The lowest BCUT2D eigenvalue weighted by atomic mass is 10.2. The number of benzene rings is 1. The number of aliphatic imine (C=N–C) groups is 1. The van der Waals surface area contributed by atoms with Crippen molar-refractivity contribution in [3.05, 3.63) is 42.5 Å². The van der Waals surface area contributed by atoms with Crippen LogP contribution in [-0.4, -0.2) is 37.4 Å². The van der Waals surface area contributed by atoms with Crippen LogP contribution < -0.4 is 10.6 Å². The van der Waals surface area contributed by atoms with Crippen molar-refractivity contribution in [1.29, 1.82) is 0 Å². The zero-order chi connectivity index (χ0) is 16.4. The molecule has 1 rings (SSSR count). The standard InChI is InChI=1S/C17H26N4O.HI/c1-5-6-7-11-21(4)17(18-3)19-13-15-9-8-10-16(12-15)20-14(2)22;/h5,8-10,12H,1,6-7,11,13H2,2-4H3,(H,18,19)(H,20,22);1H. The van der Waals surface area contributed by atoms with E-state index in [9.17, 15) is 4.79 Å². The number of anilines is 1. The number of nitrogens with one attached hydrogen (secondary N) is 2. The van der Waals surface area contributed by atoms with E-state index in [-0.39, 0.29) is 29.9 Å². The quantitative estimate of drug-likeness (QED) is 0.230. The minimum Gasteiger partial charge on any atom is -0.352 e. The number of guanidine groups is 1. The molecule has 0 aliphatic carbocycles. The first-order valence-corrected chi connectivity index (χ1v) is 7.46. The largest absolute Gasteiger partial charge is 0.352 e. The second kappa shape index (κ2) is 11.9. The van der Waals surface area contributed by atoms with Gasteiger partial charge in [0.15, 0.2) is 5.96 Å². The molecule has 23 heavy (non-hydrogen) atoms. The van der Waals surface area contributed by atoms with Gasteiger partial charge in [-0.15, -0.1) is 30.6 Å². The van der Waals surface area contributed by atoms with Crippen molar-refractivity contribution in [2.75, 3.05) is 26.0 Å². The number of halogens is 1. The van der Waals surface area contributed by atoms with E-state index in [4.69, 9.17) is 0 Å². The first-order chi connectivity index (χ1) is 10.6. The number of nitrogens with zero attached hydrogens (tertiary/aromatic N) is 2. The summed E-state index contributed by atoms with van der Waals surface area (Å²) in [6, 6.07) is 7.78. The molecule has 1 aromatic rings. The van der Waals surface area contributed by atoms with E-state index in [1.54, 1.807) is 7.05 Å². The van der Waals surface area contributed by atoms with E-state index in [0.29, 0.717) is 6.54 Å². The van der Waals surface area contributed by atoms with Crippen LogP contribution in [0.3, 0.4) is 0 Å². The molecule has 0 spiro atoms. The molecule has 1 aromatic carbocycles. The summed E-state index contributed by atoms with van der Waals surface area (Å²) in [5.74, 6) is 0.789. The Morgan fingerprint density at radius 1 is 1.43 bits per heavy atom. The predicted molar refractivity (Wildman–Crippen MR) is 108 cm³/mol. The number of hydrogen-bond donors (Lipinski definition) is 2. The summed E-state index contributed by atoms with van der Waals surface area (Å²) in [4.78, 5) is 17.5.